The van der Waals surface area contributed by atoms with E-state index < -0.39 is 5.60 Å². The van der Waals surface area contributed by atoms with Crippen LogP contribution in [0.3, 0.4) is 0 Å². The molecule has 4 aliphatic rings. The van der Waals surface area contributed by atoms with Gasteiger partial charge >= 0.3 is 0 Å². The van der Waals surface area contributed by atoms with Gasteiger partial charge in [-0.3, -0.25) is 4.79 Å². The van der Waals surface area contributed by atoms with Gasteiger partial charge < -0.3 is 15.0 Å². The van der Waals surface area contributed by atoms with Crippen molar-refractivity contribution in [1.29, 1.82) is 0 Å². The van der Waals surface area contributed by atoms with Crippen LogP contribution in [0.5, 0.6) is 0 Å². The number of hydrogen-bond acceptors (Lipinski definition) is 3. The van der Waals surface area contributed by atoms with Gasteiger partial charge in [0.05, 0.1) is 11.9 Å². The minimum absolute atomic E-state index is 0.0354. The van der Waals surface area contributed by atoms with Crippen molar-refractivity contribution in [3.8, 4) is 0 Å². The fourth-order valence-corrected chi connectivity index (χ4v) is 5.78. The molecule has 0 saturated heterocycles. The molecule has 1 aromatic rings. The lowest BCUT2D eigenvalue weighted by Crippen LogP contribution is -2.61. The number of carbonyl (C=O) groups is 1. The average Bonchev–Trinajstić information content (AvgIpc) is 2.88. The summed E-state index contributed by atoms with van der Waals surface area (Å²) in [4.78, 5) is 16.2. The van der Waals surface area contributed by atoms with Gasteiger partial charge in [0.2, 0.25) is 5.91 Å². The first-order chi connectivity index (χ1) is 10.5. The van der Waals surface area contributed by atoms with Crippen molar-refractivity contribution in [2.24, 2.45) is 17.3 Å². The molecule has 120 valence electrons. The lowest BCUT2D eigenvalue weighted by Gasteiger charge is -2.62. The molecule has 22 heavy (non-hydrogen) atoms. The van der Waals surface area contributed by atoms with E-state index in [1.165, 1.54) is 19.3 Å². The highest BCUT2D eigenvalue weighted by Crippen LogP contribution is 2.62. The van der Waals surface area contributed by atoms with Crippen molar-refractivity contribution in [2.45, 2.75) is 63.6 Å². The molecule has 0 aliphatic heterocycles. The minimum Gasteiger partial charge on any atom is -0.390 e. The standard InChI is InChI=1S/C17H25N3O2/c1-12(19-15(21)9-20-3-2-18-11-20)16-5-13-4-14(6-16)8-17(22,7-13)10-16/h2-3,11-14,22H,4-10H2,1H3,(H,19,21)/t12-,13-,14+,16?,17?/m1/s1. The molecule has 0 spiro atoms. The van der Waals surface area contributed by atoms with Crippen molar-refractivity contribution in [3.63, 3.8) is 0 Å². The molecule has 1 amide bonds. The maximum atomic E-state index is 12.3. The van der Waals surface area contributed by atoms with Crippen LogP contribution in [0.1, 0.15) is 45.4 Å². The summed E-state index contributed by atoms with van der Waals surface area (Å²) in [6.07, 6.45) is 11.6. The molecular formula is C17H25N3O2. The van der Waals surface area contributed by atoms with E-state index in [0.717, 1.165) is 19.3 Å². The fourth-order valence-electron chi connectivity index (χ4n) is 5.78. The molecular weight excluding hydrogens is 278 g/mol. The predicted octanol–water partition coefficient (Wildman–Crippen LogP) is 1.72. The average molecular weight is 303 g/mol. The van der Waals surface area contributed by atoms with Crippen molar-refractivity contribution in [2.75, 3.05) is 0 Å². The molecule has 5 rings (SSSR count). The van der Waals surface area contributed by atoms with E-state index in [4.69, 9.17) is 0 Å². The number of amides is 1. The number of aliphatic hydroxyl groups is 1. The number of nitrogens with zero attached hydrogens (tertiary/aromatic N) is 2. The Kier molecular flexibility index (Phi) is 3.12. The first kappa shape index (κ1) is 14.2. The number of aromatic nitrogens is 2. The second kappa shape index (κ2) is 4.82. The molecule has 1 heterocycles. The highest BCUT2D eigenvalue weighted by molar-refractivity contribution is 5.76. The molecule has 0 aromatic carbocycles. The molecule has 2 N–H and O–H groups in total. The van der Waals surface area contributed by atoms with E-state index >= 15 is 0 Å². The van der Waals surface area contributed by atoms with Crippen LogP contribution >= 0.6 is 0 Å². The van der Waals surface area contributed by atoms with Gasteiger partial charge in [0, 0.05) is 18.4 Å². The van der Waals surface area contributed by atoms with Crippen LogP contribution in [0.4, 0.5) is 0 Å². The summed E-state index contributed by atoms with van der Waals surface area (Å²) in [7, 11) is 0. The molecule has 4 bridgehead atoms. The molecule has 0 radical (unpaired) electrons. The second-order valence-electron chi connectivity index (χ2n) is 8.07. The monoisotopic (exact) mass is 303 g/mol. The molecule has 4 aliphatic carbocycles. The molecule has 5 nitrogen and oxygen atoms in total. The van der Waals surface area contributed by atoms with E-state index in [9.17, 15) is 9.90 Å². The molecule has 4 saturated carbocycles. The smallest absolute Gasteiger partial charge is 0.240 e. The van der Waals surface area contributed by atoms with Crippen molar-refractivity contribution >= 4 is 5.91 Å². The fraction of sp³-hybridized carbons (Fsp3) is 0.765. The van der Waals surface area contributed by atoms with Gasteiger partial charge in [-0.1, -0.05) is 0 Å². The van der Waals surface area contributed by atoms with Gasteiger partial charge in [0.15, 0.2) is 0 Å². The quantitative estimate of drug-likeness (QED) is 0.890. The Bertz CT molecular complexity index is 554. The molecule has 5 heteroatoms. The van der Waals surface area contributed by atoms with Gasteiger partial charge in [0.25, 0.3) is 0 Å². The zero-order valence-electron chi connectivity index (χ0n) is 13.2. The Morgan fingerprint density at radius 2 is 2.14 bits per heavy atom. The van der Waals surface area contributed by atoms with E-state index in [0.29, 0.717) is 18.4 Å². The first-order valence-corrected chi connectivity index (χ1v) is 8.44. The SMILES string of the molecule is C[C@@H](NC(=O)Cn1ccnc1)C12C[C@@H]3C[C@@H](CC(O)(C3)C1)C2. The largest absolute Gasteiger partial charge is 0.390 e. The van der Waals surface area contributed by atoms with Gasteiger partial charge in [-0.15, -0.1) is 0 Å². The Hall–Kier alpha value is -1.36. The third-order valence-electron chi connectivity index (χ3n) is 6.26. The van der Waals surface area contributed by atoms with Crippen LogP contribution in [-0.2, 0) is 11.3 Å². The molecule has 2 unspecified atom stereocenters. The number of rotatable bonds is 4. The number of hydrogen-bond donors (Lipinski definition) is 2. The topological polar surface area (TPSA) is 67.2 Å². The Morgan fingerprint density at radius 3 is 2.73 bits per heavy atom. The molecule has 1 aromatic heterocycles. The summed E-state index contributed by atoms with van der Waals surface area (Å²) in [5.74, 6) is 1.34. The molecule has 5 atom stereocenters. The summed E-state index contributed by atoms with van der Waals surface area (Å²) in [5, 5.41) is 14.0. The highest BCUT2D eigenvalue weighted by atomic mass is 16.3. The van der Waals surface area contributed by atoms with Crippen molar-refractivity contribution < 1.29 is 9.90 Å². The van der Waals surface area contributed by atoms with Crippen molar-refractivity contribution in [1.82, 2.24) is 14.9 Å². The van der Waals surface area contributed by atoms with Crippen LogP contribution in [0.15, 0.2) is 18.7 Å². The second-order valence-corrected chi connectivity index (χ2v) is 8.07. The maximum absolute atomic E-state index is 12.3. The van der Waals surface area contributed by atoms with Gasteiger partial charge in [0.1, 0.15) is 6.54 Å². The van der Waals surface area contributed by atoms with E-state index in [1.54, 1.807) is 23.3 Å². The zero-order chi connectivity index (χ0) is 15.4. The lowest BCUT2D eigenvalue weighted by atomic mass is 9.46. The summed E-state index contributed by atoms with van der Waals surface area (Å²) >= 11 is 0. The van der Waals surface area contributed by atoms with Crippen LogP contribution in [0.2, 0.25) is 0 Å². The first-order valence-electron chi connectivity index (χ1n) is 8.44. The number of nitrogens with one attached hydrogen (secondary N) is 1. The third-order valence-corrected chi connectivity index (χ3v) is 6.26. The van der Waals surface area contributed by atoms with Gasteiger partial charge in [-0.25, -0.2) is 4.98 Å². The Balaban J connectivity index is 1.46. The minimum atomic E-state index is -0.465. The van der Waals surface area contributed by atoms with Crippen LogP contribution in [0.25, 0.3) is 0 Å². The highest BCUT2D eigenvalue weighted by Gasteiger charge is 2.58. The van der Waals surface area contributed by atoms with Gasteiger partial charge in [-0.05, 0) is 62.7 Å². The van der Waals surface area contributed by atoms with Crippen LogP contribution < -0.4 is 5.32 Å². The van der Waals surface area contributed by atoms with E-state index in [1.807, 2.05) is 0 Å². The molecule has 4 fully saturated rings. The maximum Gasteiger partial charge on any atom is 0.240 e. The third kappa shape index (κ3) is 2.35. The zero-order valence-corrected chi connectivity index (χ0v) is 13.2. The summed E-state index contributed by atoms with van der Waals surface area (Å²) in [6, 6.07) is 0.126. The number of carbonyl (C=O) groups excluding carboxylic acids is 1. The van der Waals surface area contributed by atoms with E-state index in [2.05, 4.69) is 17.2 Å². The van der Waals surface area contributed by atoms with Gasteiger partial charge in [-0.2, -0.15) is 0 Å². The normalized spacial score (nSPS) is 40.6. The van der Waals surface area contributed by atoms with E-state index in [-0.39, 0.29) is 17.4 Å². The van der Waals surface area contributed by atoms with Crippen molar-refractivity contribution in [3.05, 3.63) is 18.7 Å². The van der Waals surface area contributed by atoms with Crippen LogP contribution in [-0.4, -0.2) is 32.2 Å². The summed E-state index contributed by atoms with van der Waals surface area (Å²) in [5.41, 5.74) is -0.364. The Morgan fingerprint density at radius 1 is 1.41 bits per heavy atom. The summed E-state index contributed by atoms with van der Waals surface area (Å²) < 4.78 is 1.79. The Labute approximate surface area is 131 Å². The lowest BCUT2D eigenvalue weighted by molar-refractivity contribution is -0.173. The predicted molar refractivity (Wildman–Crippen MR) is 81.9 cm³/mol. The van der Waals surface area contributed by atoms with Crippen LogP contribution in [0, 0.1) is 17.3 Å². The summed E-state index contributed by atoms with van der Waals surface area (Å²) in [6.45, 7) is 2.44. The number of imidazole rings is 1.